The lowest BCUT2D eigenvalue weighted by molar-refractivity contribution is -0.126. The molecule has 1 aliphatic heterocycles. The number of benzene rings is 1. The number of ether oxygens (including phenoxy) is 2. The SMILES string of the molecule is CCc1ccc(CCOc2ccc(CC3SC(=O)N(C(=O)OC(C)(C)C)C3=O)cc2)nc1. The highest BCUT2D eigenvalue weighted by Gasteiger charge is 2.45. The summed E-state index contributed by atoms with van der Waals surface area (Å²) in [4.78, 5) is 42.0. The Morgan fingerprint density at radius 2 is 1.78 bits per heavy atom. The second-order valence-corrected chi connectivity index (χ2v) is 9.64. The summed E-state index contributed by atoms with van der Waals surface area (Å²) in [6, 6.07) is 11.5. The molecule has 0 bridgehead atoms. The van der Waals surface area contributed by atoms with Crippen LogP contribution < -0.4 is 4.74 Å². The van der Waals surface area contributed by atoms with E-state index < -0.39 is 28.1 Å². The van der Waals surface area contributed by atoms with E-state index in [9.17, 15) is 14.4 Å². The van der Waals surface area contributed by atoms with Crippen LogP contribution in [0.2, 0.25) is 0 Å². The van der Waals surface area contributed by atoms with Gasteiger partial charge in [-0.3, -0.25) is 14.6 Å². The summed E-state index contributed by atoms with van der Waals surface area (Å²) in [6.07, 6.45) is 2.98. The zero-order valence-corrected chi connectivity index (χ0v) is 19.6. The molecule has 0 aliphatic carbocycles. The van der Waals surface area contributed by atoms with Crippen molar-refractivity contribution in [3.8, 4) is 5.75 Å². The number of hydrogen-bond donors (Lipinski definition) is 0. The first-order valence-corrected chi connectivity index (χ1v) is 11.5. The van der Waals surface area contributed by atoms with E-state index in [0.717, 1.165) is 35.2 Å². The van der Waals surface area contributed by atoms with Crippen LogP contribution >= 0.6 is 11.8 Å². The Hall–Kier alpha value is -2.87. The van der Waals surface area contributed by atoms with Gasteiger partial charge in [-0.15, -0.1) is 0 Å². The topological polar surface area (TPSA) is 85.8 Å². The quantitative estimate of drug-likeness (QED) is 0.591. The molecule has 1 fully saturated rings. The number of nitrogens with zero attached hydrogens (tertiary/aromatic N) is 2. The highest BCUT2D eigenvalue weighted by Crippen LogP contribution is 2.31. The zero-order valence-electron chi connectivity index (χ0n) is 18.8. The van der Waals surface area contributed by atoms with Gasteiger partial charge in [0.05, 0.1) is 11.9 Å². The molecular weight excluding hydrogens is 428 g/mol. The van der Waals surface area contributed by atoms with Gasteiger partial charge in [0.1, 0.15) is 11.4 Å². The molecule has 1 aromatic carbocycles. The maximum absolute atomic E-state index is 12.6. The Morgan fingerprint density at radius 3 is 2.38 bits per heavy atom. The van der Waals surface area contributed by atoms with E-state index in [0.29, 0.717) is 24.3 Å². The first-order chi connectivity index (χ1) is 15.2. The predicted octanol–water partition coefficient (Wildman–Crippen LogP) is 4.81. The number of pyridine rings is 1. The van der Waals surface area contributed by atoms with Crippen LogP contribution in [0, 0.1) is 0 Å². The molecular formula is C24H28N2O5S. The Morgan fingerprint density at radius 1 is 1.09 bits per heavy atom. The van der Waals surface area contributed by atoms with Crippen molar-refractivity contribution in [3.63, 3.8) is 0 Å². The summed E-state index contributed by atoms with van der Waals surface area (Å²) in [5.74, 6) is 0.173. The van der Waals surface area contributed by atoms with Gasteiger partial charge in [0.15, 0.2) is 0 Å². The Balaban J connectivity index is 1.51. The molecule has 0 saturated carbocycles. The molecule has 3 amide bonds. The molecule has 8 heteroatoms. The third-order valence-electron chi connectivity index (χ3n) is 4.76. The van der Waals surface area contributed by atoms with Gasteiger partial charge >= 0.3 is 6.09 Å². The Bertz CT molecular complexity index is 967. The zero-order chi connectivity index (χ0) is 23.3. The maximum atomic E-state index is 12.6. The molecule has 1 aliphatic rings. The fourth-order valence-corrected chi connectivity index (χ4v) is 4.08. The van der Waals surface area contributed by atoms with E-state index in [4.69, 9.17) is 9.47 Å². The molecule has 7 nitrogen and oxygen atoms in total. The smallest absolute Gasteiger partial charge is 0.424 e. The van der Waals surface area contributed by atoms with E-state index in [2.05, 4.69) is 18.0 Å². The Kier molecular flexibility index (Phi) is 7.56. The average molecular weight is 457 g/mol. The van der Waals surface area contributed by atoms with Crippen LogP contribution in [-0.2, 0) is 28.8 Å². The van der Waals surface area contributed by atoms with Crippen molar-refractivity contribution < 1.29 is 23.9 Å². The first kappa shape index (κ1) is 23.8. The summed E-state index contributed by atoms with van der Waals surface area (Å²) < 4.78 is 11.0. The highest BCUT2D eigenvalue weighted by atomic mass is 32.2. The minimum Gasteiger partial charge on any atom is -0.493 e. The normalized spacial score (nSPS) is 16.4. The van der Waals surface area contributed by atoms with Crippen molar-refractivity contribution in [1.82, 2.24) is 9.88 Å². The molecule has 1 saturated heterocycles. The van der Waals surface area contributed by atoms with Gasteiger partial charge in [-0.25, -0.2) is 4.79 Å². The van der Waals surface area contributed by atoms with Crippen molar-refractivity contribution in [1.29, 1.82) is 0 Å². The van der Waals surface area contributed by atoms with Gasteiger partial charge in [0.25, 0.3) is 11.1 Å². The second kappa shape index (κ2) is 10.2. The maximum Gasteiger partial charge on any atom is 0.424 e. The monoisotopic (exact) mass is 456 g/mol. The lowest BCUT2D eigenvalue weighted by Crippen LogP contribution is -2.41. The van der Waals surface area contributed by atoms with Crippen molar-refractivity contribution in [2.45, 2.75) is 57.8 Å². The van der Waals surface area contributed by atoms with Gasteiger partial charge in [-0.2, -0.15) is 4.90 Å². The summed E-state index contributed by atoms with van der Waals surface area (Å²) in [7, 11) is 0. The summed E-state index contributed by atoms with van der Waals surface area (Å²) in [5, 5.41) is -1.26. The molecule has 2 heterocycles. The van der Waals surface area contributed by atoms with E-state index in [1.165, 1.54) is 5.56 Å². The van der Waals surface area contributed by atoms with Crippen LogP contribution in [0.25, 0.3) is 0 Å². The number of aromatic nitrogens is 1. The fourth-order valence-electron chi connectivity index (χ4n) is 3.08. The number of aryl methyl sites for hydroxylation is 1. The standard InChI is InChI=1S/C24H28N2O5S/c1-5-16-6-9-18(25-15-16)12-13-30-19-10-7-17(8-11-19)14-20-21(27)26(23(29)32-20)22(28)31-24(2,3)4/h6-11,15,20H,5,12-14H2,1-4H3. The van der Waals surface area contributed by atoms with E-state index >= 15 is 0 Å². The van der Waals surface area contributed by atoms with Crippen LogP contribution in [0.15, 0.2) is 42.6 Å². The number of hydrogen-bond acceptors (Lipinski definition) is 7. The highest BCUT2D eigenvalue weighted by molar-refractivity contribution is 8.15. The lowest BCUT2D eigenvalue weighted by atomic mass is 10.1. The molecule has 1 aromatic heterocycles. The van der Waals surface area contributed by atoms with Gasteiger partial charge in [-0.05, 0) is 74.7 Å². The molecule has 2 aromatic rings. The van der Waals surface area contributed by atoms with Gasteiger partial charge in [0.2, 0.25) is 0 Å². The summed E-state index contributed by atoms with van der Waals surface area (Å²) in [6.45, 7) is 7.65. The van der Waals surface area contributed by atoms with Crippen molar-refractivity contribution in [3.05, 3.63) is 59.4 Å². The number of carbonyl (C=O) groups is 3. The number of carbonyl (C=O) groups excluding carboxylic acids is 3. The molecule has 1 atom stereocenters. The summed E-state index contributed by atoms with van der Waals surface area (Å²) >= 11 is 0.848. The minimum absolute atomic E-state index is 0.336. The van der Waals surface area contributed by atoms with Crippen molar-refractivity contribution in [2.24, 2.45) is 0 Å². The molecule has 32 heavy (non-hydrogen) atoms. The second-order valence-electron chi connectivity index (χ2n) is 8.48. The molecule has 1 unspecified atom stereocenters. The third kappa shape index (κ3) is 6.32. The van der Waals surface area contributed by atoms with Crippen LogP contribution in [0.3, 0.4) is 0 Å². The van der Waals surface area contributed by atoms with Crippen LogP contribution in [0.4, 0.5) is 9.59 Å². The fraction of sp³-hybridized carbons (Fsp3) is 0.417. The number of imide groups is 3. The largest absolute Gasteiger partial charge is 0.493 e. The van der Waals surface area contributed by atoms with E-state index in [-0.39, 0.29) is 0 Å². The number of thioether (sulfide) groups is 1. The van der Waals surface area contributed by atoms with Crippen LogP contribution in [-0.4, -0.2) is 44.6 Å². The van der Waals surface area contributed by atoms with Gasteiger partial charge < -0.3 is 9.47 Å². The first-order valence-electron chi connectivity index (χ1n) is 10.6. The van der Waals surface area contributed by atoms with Crippen LogP contribution in [0.1, 0.15) is 44.5 Å². The van der Waals surface area contributed by atoms with E-state index in [1.807, 2.05) is 36.5 Å². The van der Waals surface area contributed by atoms with Crippen LogP contribution in [0.5, 0.6) is 5.75 Å². The Labute approximate surface area is 192 Å². The molecule has 0 spiro atoms. The van der Waals surface area contributed by atoms with Crippen molar-refractivity contribution in [2.75, 3.05) is 6.61 Å². The molecule has 170 valence electrons. The minimum atomic E-state index is -0.926. The van der Waals surface area contributed by atoms with E-state index in [1.54, 1.807) is 20.8 Å². The molecule has 0 N–H and O–H groups in total. The third-order valence-corrected chi connectivity index (χ3v) is 5.80. The molecule has 0 radical (unpaired) electrons. The number of rotatable bonds is 7. The van der Waals surface area contributed by atoms with Gasteiger partial charge in [-0.1, -0.05) is 25.1 Å². The summed E-state index contributed by atoms with van der Waals surface area (Å²) in [5.41, 5.74) is 2.28. The predicted molar refractivity (Wildman–Crippen MR) is 123 cm³/mol. The molecule has 3 rings (SSSR count). The number of amides is 3. The average Bonchev–Trinajstić information content (AvgIpc) is 3.01. The lowest BCUT2D eigenvalue weighted by Gasteiger charge is -2.22. The van der Waals surface area contributed by atoms with Crippen molar-refractivity contribution >= 4 is 29.0 Å². The van der Waals surface area contributed by atoms with Gasteiger partial charge in [0, 0.05) is 18.3 Å².